The molecule has 73 heavy (non-hydrogen) atoms. The number of aliphatic hydroxyl groups is 1. The van der Waals surface area contributed by atoms with Gasteiger partial charge in [-0.3, -0.25) is 24.5 Å². The van der Waals surface area contributed by atoms with Crippen molar-refractivity contribution in [3.05, 3.63) is 125 Å². The second kappa shape index (κ2) is 20.5. The highest BCUT2D eigenvalue weighted by Crippen LogP contribution is 2.39. The van der Waals surface area contributed by atoms with Gasteiger partial charge in [-0.2, -0.15) is 5.10 Å². The molecule has 1 aliphatic carbocycles. The maximum atomic E-state index is 13.7. The number of aromatic nitrogens is 4. The van der Waals surface area contributed by atoms with Crippen molar-refractivity contribution in [2.45, 2.75) is 95.7 Å². The van der Waals surface area contributed by atoms with E-state index in [1.165, 1.54) is 11.3 Å². The summed E-state index contributed by atoms with van der Waals surface area (Å²) in [6.07, 6.45) is 4.38. The number of nitrogens with zero attached hydrogens (tertiary/aromatic N) is 7. The van der Waals surface area contributed by atoms with Gasteiger partial charge in [-0.1, -0.05) is 59.9 Å². The number of aryl methyl sites for hydroxylation is 1. The number of amides is 2. The van der Waals surface area contributed by atoms with Gasteiger partial charge < -0.3 is 34.8 Å². The van der Waals surface area contributed by atoms with Crippen LogP contribution in [0, 0.1) is 6.92 Å². The molecule has 3 unspecified atom stereocenters. The third-order valence-electron chi connectivity index (χ3n) is 15.4. The van der Waals surface area contributed by atoms with Gasteiger partial charge >= 0.3 is 5.97 Å². The van der Waals surface area contributed by atoms with Crippen molar-refractivity contribution >= 4 is 66.9 Å². The normalized spacial score (nSPS) is 21.0. The first kappa shape index (κ1) is 48.4. The Morgan fingerprint density at radius 2 is 1.63 bits per heavy atom. The zero-order valence-electron chi connectivity index (χ0n) is 41.4. The fourth-order valence-corrected chi connectivity index (χ4v) is 12.2. The Hall–Kier alpha value is -6.92. The van der Waals surface area contributed by atoms with Gasteiger partial charge in [0.1, 0.15) is 17.8 Å². The van der Waals surface area contributed by atoms with Crippen molar-refractivity contribution in [3.8, 4) is 16.9 Å². The monoisotopic (exact) mass is 1000 g/mol. The Labute approximate surface area is 427 Å². The zero-order chi connectivity index (χ0) is 50.3. The molecular formula is C56H61N9O7S. The van der Waals surface area contributed by atoms with Gasteiger partial charge in [0, 0.05) is 81.2 Å². The van der Waals surface area contributed by atoms with Crippen LogP contribution < -0.4 is 25.2 Å². The van der Waals surface area contributed by atoms with Crippen molar-refractivity contribution in [1.29, 1.82) is 0 Å². The molecule has 4 aliphatic rings. The molecule has 16 nitrogen and oxygen atoms in total. The van der Waals surface area contributed by atoms with Crippen molar-refractivity contribution in [2.75, 3.05) is 54.4 Å². The van der Waals surface area contributed by atoms with E-state index in [0.29, 0.717) is 61.0 Å². The summed E-state index contributed by atoms with van der Waals surface area (Å²) in [5, 5.41) is 33.3. The highest BCUT2D eigenvalue weighted by atomic mass is 32.1. The highest BCUT2D eigenvalue weighted by Gasteiger charge is 2.34. The van der Waals surface area contributed by atoms with Gasteiger partial charge in [0.15, 0.2) is 10.8 Å². The molecule has 3 aliphatic heterocycles. The van der Waals surface area contributed by atoms with Gasteiger partial charge in [-0.15, -0.1) is 0 Å². The van der Waals surface area contributed by atoms with E-state index in [2.05, 4.69) is 50.5 Å². The highest BCUT2D eigenvalue weighted by molar-refractivity contribution is 7.22. The lowest BCUT2D eigenvalue weighted by atomic mass is 9.91. The molecule has 378 valence electrons. The van der Waals surface area contributed by atoms with Crippen molar-refractivity contribution in [1.82, 2.24) is 30.0 Å². The molecule has 3 fully saturated rings. The SMILES string of the molecule is Cc1c(OC2CCC(OCC(C)N3CCN(c4cccc5c(C6CCC(=O)NC6O)nn(C)c45)CC3)CC2)cccc1-c1ccc(N2CCc3cccc(C(=O)Nc4nc5ccccc5s4)c3C2)nc1C(=O)O. The number of fused-ring (bicyclic) bond motifs is 3. The number of carbonyl (C=O) groups excluding carboxylic acids is 2. The molecule has 2 amide bonds. The van der Waals surface area contributed by atoms with Gasteiger partial charge in [-0.05, 0) is 117 Å². The topological polar surface area (TPSA) is 188 Å². The number of hydrogen-bond donors (Lipinski definition) is 4. The summed E-state index contributed by atoms with van der Waals surface area (Å²) < 4.78 is 16.1. The quantitative estimate of drug-likeness (QED) is 0.0865. The van der Waals surface area contributed by atoms with E-state index in [4.69, 9.17) is 19.6 Å². The number of carboxylic acids is 1. The van der Waals surface area contributed by atoms with E-state index in [1.54, 1.807) is 0 Å². The van der Waals surface area contributed by atoms with E-state index in [0.717, 1.165) is 112 Å². The minimum Gasteiger partial charge on any atom is -0.490 e. The van der Waals surface area contributed by atoms with Crippen LogP contribution in [0.5, 0.6) is 5.75 Å². The standard InChI is InChI=1S/C56H61N9O7S/c1-33(63-27-29-64(30-28-63)45-14-7-12-41-50(61-62(3)52(41)45)42-22-24-49(66)59-54(42)68)32-71-36-17-19-37(20-18-36)72-46-15-8-10-38(34(46)2)39-21-23-48(58-51(39)55(69)70)65-26-25-35-9-6-11-40(43(35)31-65)53(67)60-56-57-44-13-4-5-16-47(44)73-56/h4-16,21,23,33,36-37,42,54,68H,17-20,22,24-32H2,1-3H3,(H,59,66)(H,69,70)(H,57,60,67). The van der Waals surface area contributed by atoms with Crippen LogP contribution in [0.15, 0.2) is 91.0 Å². The number of aromatic carboxylic acids is 1. The molecule has 11 rings (SSSR count). The largest absolute Gasteiger partial charge is 0.490 e. The zero-order valence-corrected chi connectivity index (χ0v) is 42.2. The summed E-state index contributed by atoms with van der Waals surface area (Å²) in [6, 6.07) is 29.6. The molecule has 2 saturated heterocycles. The summed E-state index contributed by atoms with van der Waals surface area (Å²) in [4.78, 5) is 54.8. The predicted molar refractivity (Wildman–Crippen MR) is 283 cm³/mol. The first-order valence-corrected chi connectivity index (χ1v) is 26.3. The third-order valence-corrected chi connectivity index (χ3v) is 16.3. The van der Waals surface area contributed by atoms with E-state index < -0.39 is 12.2 Å². The van der Waals surface area contributed by atoms with Crippen LogP contribution >= 0.6 is 11.3 Å². The van der Waals surface area contributed by atoms with Crippen LogP contribution in [0.4, 0.5) is 16.6 Å². The lowest BCUT2D eigenvalue weighted by Gasteiger charge is -2.40. The second-order valence-corrected chi connectivity index (χ2v) is 20.9. The number of pyridine rings is 1. The van der Waals surface area contributed by atoms with Crippen LogP contribution in [-0.2, 0) is 29.5 Å². The number of piperidine rings is 1. The Bertz CT molecular complexity index is 3180. The van der Waals surface area contributed by atoms with Gasteiger partial charge in [0.05, 0.1) is 45.9 Å². The molecule has 3 aromatic heterocycles. The number of piperazine rings is 1. The summed E-state index contributed by atoms with van der Waals surface area (Å²) in [5.74, 6) is -0.448. The number of rotatable bonds is 13. The summed E-state index contributed by atoms with van der Waals surface area (Å²) in [5.41, 5.74) is 8.49. The molecule has 0 bridgehead atoms. The Balaban J connectivity index is 0.680. The number of hydrogen-bond acceptors (Lipinski definition) is 13. The van der Waals surface area contributed by atoms with Gasteiger partial charge in [0.2, 0.25) is 5.91 Å². The molecule has 17 heteroatoms. The molecule has 4 aromatic carbocycles. The fraction of sp³-hybridized carbons (Fsp3) is 0.393. The van der Waals surface area contributed by atoms with Crippen molar-refractivity contribution < 1.29 is 34.1 Å². The van der Waals surface area contributed by atoms with E-state index >= 15 is 0 Å². The minimum atomic E-state index is -1.12. The molecule has 4 N–H and O–H groups in total. The molecule has 0 spiro atoms. The average Bonchev–Trinajstić information content (AvgIpc) is 3.98. The lowest BCUT2D eigenvalue weighted by molar-refractivity contribution is -0.127. The molecule has 7 aromatic rings. The van der Waals surface area contributed by atoms with E-state index in [1.807, 2.05) is 96.3 Å². The number of aliphatic hydroxyl groups excluding tert-OH is 1. The number of para-hydroxylation sites is 2. The predicted octanol–water partition coefficient (Wildman–Crippen LogP) is 8.30. The molecule has 1 saturated carbocycles. The van der Waals surface area contributed by atoms with Crippen molar-refractivity contribution in [2.24, 2.45) is 7.05 Å². The number of benzene rings is 4. The molecule has 0 radical (unpaired) electrons. The number of carboxylic acid groups (broad SMARTS) is 1. The number of anilines is 3. The summed E-state index contributed by atoms with van der Waals surface area (Å²) in [6.45, 7) is 9.49. The number of thiazole rings is 1. The fourth-order valence-electron chi connectivity index (χ4n) is 11.3. The molecular weight excluding hydrogens is 943 g/mol. The van der Waals surface area contributed by atoms with Gasteiger partial charge in [-0.25, -0.2) is 14.8 Å². The first-order chi connectivity index (χ1) is 35.4. The Kier molecular flexibility index (Phi) is 13.6. The second-order valence-electron chi connectivity index (χ2n) is 19.9. The maximum Gasteiger partial charge on any atom is 0.355 e. The Morgan fingerprint density at radius 3 is 2.42 bits per heavy atom. The third kappa shape index (κ3) is 9.86. The average molecular weight is 1000 g/mol. The van der Waals surface area contributed by atoms with Gasteiger partial charge in [0.25, 0.3) is 5.91 Å². The van der Waals surface area contributed by atoms with Crippen LogP contribution in [0.3, 0.4) is 0 Å². The van der Waals surface area contributed by atoms with Crippen LogP contribution in [0.1, 0.15) is 94.6 Å². The maximum absolute atomic E-state index is 13.7. The summed E-state index contributed by atoms with van der Waals surface area (Å²) >= 11 is 1.43. The number of nitrogens with one attached hydrogen (secondary N) is 2. The smallest absolute Gasteiger partial charge is 0.355 e. The van der Waals surface area contributed by atoms with E-state index in [-0.39, 0.29) is 41.7 Å². The van der Waals surface area contributed by atoms with Crippen molar-refractivity contribution in [3.63, 3.8) is 0 Å². The van der Waals surface area contributed by atoms with Crippen LogP contribution in [-0.4, -0.2) is 116 Å². The minimum absolute atomic E-state index is 0.0162. The Morgan fingerprint density at radius 1 is 0.849 bits per heavy atom. The van der Waals surface area contributed by atoms with E-state index in [9.17, 15) is 24.6 Å². The first-order valence-electron chi connectivity index (χ1n) is 25.5. The summed E-state index contributed by atoms with van der Waals surface area (Å²) in [7, 11) is 1.96. The lowest BCUT2D eigenvalue weighted by Crippen LogP contribution is -2.51. The molecule has 3 atom stereocenters. The number of ether oxygens (including phenoxy) is 2. The van der Waals surface area contributed by atoms with Crippen LogP contribution in [0.25, 0.3) is 32.2 Å². The molecule has 6 heterocycles. The van der Waals surface area contributed by atoms with Crippen LogP contribution in [0.2, 0.25) is 0 Å². The number of carbonyl (C=O) groups is 3.